The van der Waals surface area contributed by atoms with Gasteiger partial charge in [-0.15, -0.1) is 0 Å². The van der Waals surface area contributed by atoms with Gasteiger partial charge in [-0.25, -0.2) is 4.39 Å². The lowest BCUT2D eigenvalue weighted by Gasteiger charge is -2.35. The number of amides is 1. The van der Waals surface area contributed by atoms with Crippen molar-refractivity contribution < 1.29 is 13.6 Å². The predicted octanol–water partition coefficient (Wildman–Crippen LogP) is 3.52. The zero-order chi connectivity index (χ0) is 17.4. The summed E-state index contributed by atoms with van der Waals surface area (Å²) in [5.74, 6) is 1.16. The summed E-state index contributed by atoms with van der Waals surface area (Å²) in [6, 6.07) is 8.33. The molecular formula is C19H20ClFN2O2. The van der Waals surface area contributed by atoms with Gasteiger partial charge in [-0.1, -0.05) is 17.7 Å². The first kappa shape index (κ1) is 16.6. The topological polar surface area (TPSA) is 36.7 Å². The molecule has 132 valence electrons. The Morgan fingerprint density at radius 3 is 2.72 bits per heavy atom. The molecule has 4 rings (SSSR count). The Labute approximate surface area is 151 Å². The number of nitrogens with zero attached hydrogens (tertiary/aromatic N) is 2. The Balaban J connectivity index is 1.29. The molecule has 2 aromatic rings. The summed E-state index contributed by atoms with van der Waals surface area (Å²) in [6.07, 6.45) is 2.55. The maximum atomic E-state index is 13.1. The fraction of sp³-hybridized carbons (Fsp3) is 0.421. The van der Waals surface area contributed by atoms with Gasteiger partial charge in [0, 0.05) is 49.6 Å². The zero-order valence-electron chi connectivity index (χ0n) is 13.8. The van der Waals surface area contributed by atoms with E-state index in [1.54, 1.807) is 12.3 Å². The molecule has 4 nitrogen and oxygen atoms in total. The van der Waals surface area contributed by atoms with E-state index in [9.17, 15) is 9.18 Å². The normalized spacial score (nSPS) is 23.7. The summed E-state index contributed by atoms with van der Waals surface area (Å²) < 4.78 is 18.5. The molecule has 1 amide bonds. The van der Waals surface area contributed by atoms with E-state index in [-0.39, 0.29) is 23.6 Å². The highest BCUT2D eigenvalue weighted by atomic mass is 35.5. The molecule has 0 spiro atoms. The monoisotopic (exact) mass is 362 g/mol. The number of furan rings is 1. The SMILES string of the molecule is O=C(C1CC1c1ccco1)N1CCN(Cc2ccc(F)cc2Cl)CC1. The van der Waals surface area contributed by atoms with Gasteiger partial charge in [0.05, 0.1) is 6.26 Å². The largest absolute Gasteiger partial charge is 0.469 e. The van der Waals surface area contributed by atoms with Crippen molar-refractivity contribution >= 4 is 17.5 Å². The molecule has 1 aliphatic heterocycles. The first-order valence-corrected chi connectivity index (χ1v) is 8.98. The third kappa shape index (κ3) is 3.58. The molecule has 0 N–H and O–H groups in total. The Hall–Kier alpha value is -1.85. The van der Waals surface area contributed by atoms with E-state index >= 15 is 0 Å². The van der Waals surface area contributed by atoms with Crippen LogP contribution in [0.4, 0.5) is 4.39 Å². The zero-order valence-corrected chi connectivity index (χ0v) is 14.6. The lowest BCUT2D eigenvalue weighted by atomic mass is 10.1. The third-order valence-corrected chi connectivity index (χ3v) is 5.46. The molecule has 0 bridgehead atoms. The number of benzene rings is 1. The van der Waals surface area contributed by atoms with E-state index in [0.29, 0.717) is 11.6 Å². The van der Waals surface area contributed by atoms with Crippen molar-refractivity contribution in [3.63, 3.8) is 0 Å². The highest BCUT2D eigenvalue weighted by molar-refractivity contribution is 6.31. The van der Waals surface area contributed by atoms with Gasteiger partial charge in [-0.2, -0.15) is 0 Å². The first-order chi connectivity index (χ1) is 12.1. The van der Waals surface area contributed by atoms with E-state index in [0.717, 1.165) is 43.9 Å². The Bertz CT molecular complexity index is 757. The molecule has 1 saturated heterocycles. The average molecular weight is 363 g/mol. The van der Waals surface area contributed by atoms with E-state index in [1.165, 1.54) is 12.1 Å². The minimum atomic E-state index is -0.320. The Morgan fingerprint density at radius 1 is 1.24 bits per heavy atom. The molecule has 1 aromatic carbocycles. The van der Waals surface area contributed by atoms with Crippen LogP contribution in [-0.2, 0) is 11.3 Å². The summed E-state index contributed by atoms with van der Waals surface area (Å²) in [7, 11) is 0. The number of carbonyl (C=O) groups excluding carboxylic acids is 1. The predicted molar refractivity (Wildman–Crippen MR) is 92.8 cm³/mol. The second-order valence-corrected chi connectivity index (χ2v) is 7.21. The average Bonchev–Trinajstić information content (AvgIpc) is 3.22. The van der Waals surface area contributed by atoms with Gasteiger partial charge < -0.3 is 9.32 Å². The number of piperazine rings is 1. The van der Waals surface area contributed by atoms with Crippen molar-refractivity contribution in [2.75, 3.05) is 26.2 Å². The summed E-state index contributed by atoms with van der Waals surface area (Å²) in [4.78, 5) is 16.8. The maximum absolute atomic E-state index is 13.1. The molecule has 6 heteroatoms. The van der Waals surface area contributed by atoms with Crippen LogP contribution in [0.1, 0.15) is 23.7 Å². The van der Waals surface area contributed by atoms with Crippen LogP contribution in [-0.4, -0.2) is 41.9 Å². The van der Waals surface area contributed by atoms with Gasteiger partial charge in [0.2, 0.25) is 5.91 Å². The molecule has 2 heterocycles. The smallest absolute Gasteiger partial charge is 0.226 e. The quantitative estimate of drug-likeness (QED) is 0.835. The van der Waals surface area contributed by atoms with Crippen molar-refractivity contribution in [2.24, 2.45) is 5.92 Å². The fourth-order valence-electron chi connectivity index (χ4n) is 3.54. The van der Waals surface area contributed by atoms with Gasteiger partial charge >= 0.3 is 0 Å². The van der Waals surface area contributed by atoms with Crippen LogP contribution in [0.15, 0.2) is 41.0 Å². The van der Waals surface area contributed by atoms with E-state index in [1.807, 2.05) is 17.0 Å². The van der Waals surface area contributed by atoms with Crippen LogP contribution in [0.25, 0.3) is 0 Å². The summed E-state index contributed by atoms with van der Waals surface area (Å²) in [6.45, 7) is 3.73. The fourth-order valence-corrected chi connectivity index (χ4v) is 3.76. The number of hydrogen-bond donors (Lipinski definition) is 0. The molecular weight excluding hydrogens is 343 g/mol. The van der Waals surface area contributed by atoms with Crippen molar-refractivity contribution in [1.82, 2.24) is 9.80 Å². The van der Waals surface area contributed by atoms with Gasteiger partial charge in [0.1, 0.15) is 11.6 Å². The van der Waals surface area contributed by atoms with Gasteiger partial charge in [-0.3, -0.25) is 9.69 Å². The standard InChI is InChI=1S/C19H20ClFN2O2/c20-17-10-14(21)4-3-13(17)12-22-5-7-23(8-6-22)19(24)16-11-15(16)18-2-1-9-25-18/h1-4,9-10,15-16H,5-8,11-12H2. The maximum Gasteiger partial charge on any atom is 0.226 e. The second kappa shape index (κ2) is 6.81. The van der Waals surface area contributed by atoms with Crippen LogP contribution < -0.4 is 0 Å². The third-order valence-electron chi connectivity index (χ3n) is 5.11. The van der Waals surface area contributed by atoms with E-state index < -0.39 is 0 Å². The minimum absolute atomic E-state index is 0.0734. The Morgan fingerprint density at radius 2 is 2.04 bits per heavy atom. The molecule has 1 aromatic heterocycles. The van der Waals surface area contributed by atoms with Crippen molar-refractivity contribution in [3.8, 4) is 0 Å². The lowest BCUT2D eigenvalue weighted by Crippen LogP contribution is -2.48. The summed E-state index contributed by atoms with van der Waals surface area (Å²) in [5, 5.41) is 0.456. The Kier molecular flexibility index (Phi) is 4.52. The van der Waals surface area contributed by atoms with E-state index in [2.05, 4.69) is 4.90 Å². The van der Waals surface area contributed by atoms with Crippen molar-refractivity contribution in [2.45, 2.75) is 18.9 Å². The van der Waals surface area contributed by atoms with Crippen molar-refractivity contribution in [3.05, 3.63) is 58.8 Å². The van der Waals surface area contributed by atoms with E-state index in [4.69, 9.17) is 16.0 Å². The van der Waals surface area contributed by atoms with Gasteiger partial charge in [0.25, 0.3) is 0 Å². The van der Waals surface area contributed by atoms with Crippen LogP contribution >= 0.6 is 11.6 Å². The van der Waals surface area contributed by atoms with Gasteiger partial charge in [0.15, 0.2) is 0 Å². The number of carbonyl (C=O) groups is 1. The molecule has 0 radical (unpaired) electrons. The first-order valence-electron chi connectivity index (χ1n) is 8.60. The molecule has 2 aliphatic rings. The molecule has 1 aliphatic carbocycles. The number of rotatable bonds is 4. The highest BCUT2D eigenvalue weighted by Gasteiger charge is 2.47. The number of halogens is 2. The molecule has 2 atom stereocenters. The molecule has 25 heavy (non-hydrogen) atoms. The highest BCUT2D eigenvalue weighted by Crippen LogP contribution is 2.48. The van der Waals surface area contributed by atoms with Crippen LogP contribution in [0.2, 0.25) is 5.02 Å². The van der Waals surface area contributed by atoms with Gasteiger partial charge in [-0.05, 0) is 36.2 Å². The molecule has 1 saturated carbocycles. The minimum Gasteiger partial charge on any atom is -0.469 e. The summed E-state index contributed by atoms with van der Waals surface area (Å²) in [5.41, 5.74) is 0.919. The van der Waals surface area contributed by atoms with Crippen LogP contribution in [0, 0.1) is 11.7 Å². The number of hydrogen-bond acceptors (Lipinski definition) is 3. The lowest BCUT2D eigenvalue weighted by molar-refractivity contribution is -0.134. The van der Waals surface area contributed by atoms with Crippen LogP contribution in [0.3, 0.4) is 0 Å². The second-order valence-electron chi connectivity index (χ2n) is 6.80. The molecule has 2 fully saturated rings. The summed E-state index contributed by atoms with van der Waals surface area (Å²) >= 11 is 6.10. The van der Waals surface area contributed by atoms with Crippen molar-refractivity contribution in [1.29, 1.82) is 0 Å². The van der Waals surface area contributed by atoms with Crippen LogP contribution in [0.5, 0.6) is 0 Å². The molecule has 2 unspecified atom stereocenters.